The van der Waals surface area contributed by atoms with Crippen molar-refractivity contribution in [3.8, 4) is 39.1 Å². The van der Waals surface area contributed by atoms with Crippen LogP contribution in [0.5, 0.6) is 0 Å². The van der Waals surface area contributed by atoms with E-state index in [0.29, 0.717) is 0 Å². The fraction of sp³-hybridized carbons (Fsp3) is 0.0882. The van der Waals surface area contributed by atoms with Gasteiger partial charge in [0.1, 0.15) is 0 Å². The highest BCUT2D eigenvalue weighted by molar-refractivity contribution is 6.22. The topological polar surface area (TPSA) is 4.93 Å². The van der Waals surface area contributed by atoms with E-state index in [4.69, 9.17) is 0 Å². The summed E-state index contributed by atoms with van der Waals surface area (Å²) in [5.41, 5.74) is 14.9. The normalized spacial score (nSPS) is 13.3. The zero-order chi connectivity index (χ0) is 47.3. The lowest BCUT2D eigenvalue weighted by atomic mass is 9.85. The number of nitrogens with zero attached hydrogens (tertiary/aromatic N) is 1. The van der Waals surface area contributed by atoms with Crippen molar-refractivity contribution in [3.63, 3.8) is 0 Å². The third kappa shape index (κ3) is 9.00. The average Bonchev–Trinajstić information content (AvgIpc) is 3.48. The van der Waals surface area contributed by atoms with Crippen LogP contribution in [0.2, 0.25) is 0 Å². The van der Waals surface area contributed by atoms with Crippen molar-refractivity contribution in [3.05, 3.63) is 258 Å². The van der Waals surface area contributed by atoms with Crippen LogP contribution in [0.4, 0.5) is 0 Å². The molecule has 0 radical (unpaired) electrons. The SMILES string of the molecule is C/C=C\C/C=C\C1=CC=CC=CC1.C=C/C=c1/ccc(-c2ccc3c(c2)c2cc(C)ccc2n3-c2ccc(-c3c4ccccc4c(-c4ccc5cc(C)ccc5c4)c4ccccc34)cc2)c/c1=C/C. The van der Waals surface area contributed by atoms with Gasteiger partial charge in [-0.25, -0.2) is 0 Å². The lowest BCUT2D eigenvalue weighted by Gasteiger charge is -2.18. The first-order valence-electron chi connectivity index (χ1n) is 24.2. The molecule has 1 heterocycles. The van der Waals surface area contributed by atoms with Gasteiger partial charge in [-0.3, -0.25) is 0 Å². The van der Waals surface area contributed by atoms with Crippen LogP contribution in [0, 0.1) is 13.8 Å². The van der Waals surface area contributed by atoms with Crippen LogP contribution in [0.25, 0.3) is 105 Å². The van der Waals surface area contributed by atoms with E-state index in [9.17, 15) is 0 Å². The van der Waals surface area contributed by atoms with Gasteiger partial charge in [0.25, 0.3) is 0 Å². The Hall–Kier alpha value is -8.26. The molecule has 1 aromatic heterocycles. The molecule has 9 aromatic carbocycles. The van der Waals surface area contributed by atoms with E-state index in [1.807, 2.05) is 13.0 Å². The first-order valence-corrected chi connectivity index (χ1v) is 24.2. The minimum Gasteiger partial charge on any atom is -0.309 e. The van der Waals surface area contributed by atoms with Crippen LogP contribution >= 0.6 is 0 Å². The van der Waals surface area contributed by atoms with Gasteiger partial charge in [-0.1, -0.05) is 206 Å². The largest absolute Gasteiger partial charge is 0.309 e. The zero-order valence-corrected chi connectivity index (χ0v) is 40.1. The minimum atomic E-state index is 1.03. The van der Waals surface area contributed by atoms with E-state index in [1.54, 1.807) is 0 Å². The molecule has 0 atom stereocenters. The summed E-state index contributed by atoms with van der Waals surface area (Å²) < 4.78 is 2.42. The first-order chi connectivity index (χ1) is 33.9. The highest BCUT2D eigenvalue weighted by Crippen LogP contribution is 2.45. The molecule has 0 aliphatic heterocycles. The number of aryl methyl sites for hydroxylation is 2. The highest BCUT2D eigenvalue weighted by atomic mass is 15.0. The van der Waals surface area contributed by atoms with Gasteiger partial charge in [0.2, 0.25) is 0 Å². The highest BCUT2D eigenvalue weighted by Gasteiger charge is 2.18. The van der Waals surface area contributed by atoms with E-state index >= 15 is 0 Å². The summed E-state index contributed by atoms with van der Waals surface area (Å²) in [4.78, 5) is 0. The van der Waals surface area contributed by atoms with Crippen LogP contribution in [-0.2, 0) is 0 Å². The lowest BCUT2D eigenvalue weighted by Crippen LogP contribution is -2.23. The maximum Gasteiger partial charge on any atom is 0.0541 e. The standard InChI is InChI=1S/C55H41N.C13H16/c1-5-11-38-19-20-42(32-37(38)6-2)43-25-29-53-51(34-43)50-31-36(4)17-28-52(50)56(53)45-26-23-39(24-27-45)54-46-12-7-9-14-48(46)55(49-15-10-8-13-47(49)54)44-22-21-40-30-35(3)16-18-41(40)33-44;1-2-3-4-7-10-13-11-8-5-6-9-12-13/h5-34H,1H2,2-4H3;2-3,5-11H,4,12H2,1H3/b37-6-,38-11-;3-2-,10-7-. The Morgan fingerprint density at radius 1 is 0.507 bits per heavy atom. The number of hydrogen-bond acceptors (Lipinski definition) is 0. The summed E-state index contributed by atoms with van der Waals surface area (Å²) in [5, 5.41) is 12.5. The van der Waals surface area contributed by atoms with Crippen LogP contribution in [0.3, 0.4) is 0 Å². The van der Waals surface area contributed by atoms with Crippen molar-refractivity contribution < 1.29 is 0 Å². The Kier molecular flexibility index (Phi) is 12.9. The van der Waals surface area contributed by atoms with Crippen LogP contribution < -0.4 is 10.4 Å². The van der Waals surface area contributed by atoms with Gasteiger partial charge < -0.3 is 4.57 Å². The van der Waals surface area contributed by atoms with Crippen LogP contribution in [-0.4, -0.2) is 4.57 Å². The quantitative estimate of drug-likeness (QED) is 0.106. The van der Waals surface area contributed by atoms with Crippen molar-refractivity contribution in [2.45, 2.75) is 40.5 Å². The van der Waals surface area contributed by atoms with Crippen molar-refractivity contribution in [1.82, 2.24) is 4.57 Å². The molecule has 0 saturated heterocycles. The molecule has 1 heteroatoms. The summed E-state index contributed by atoms with van der Waals surface area (Å²) >= 11 is 0. The molecule has 11 rings (SSSR count). The molecule has 0 bridgehead atoms. The van der Waals surface area contributed by atoms with E-state index < -0.39 is 0 Å². The first kappa shape index (κ1) is 44.6. The molecule has 334 valence electrons. The molecule has 1 aliphatic carbocycles. The number of aromatic nitrogens is 1. The third-order valence-corrected chi connectivity index (χ3v) is 13.4. The van der Waals surface area contributed by atoms with Crippen LogP contribution in [0.1, 0.15) is 37.8 Å². The Morgan fingerprint density at radius 3 is 1.81 bits per heavy atom. The predicted molar refractivity (Wildman–Crippen MR) is 303 cm³/mol. The lowest BCUT2D eigenvalue weighted by molar-refractivity contribution is 1.18. The Balaban J connectivity index is 0.000000371. The molecule has 0 unspecified atom stereocenters. The number of fused-ring (bicyclic) bond motifs is 6. The molecule has 1 nitrogen and oxygen atoms in total. The van der Waals surface area contributed by atoms with Crippen molar-refractivity contribution in [2.75, 3.05) is 0 Å². The minimum absolute atomic E-state index is 1.03. The van der Waals surface area contributed by atoms with E-state index in [1.165, 1.54) is 115 Å². The van der Waals surface area contributed by atoms with Gasteiger partial charge in [0.15, 0.2) is 0 Å². The van der Waals surface area contributed by atoms with Crippen molar-refractivity contribution in [1.29, 1.82) is 0 Å². The molecule has 0 N–H and O–H groups in total. The Bertz CT molecular complexity index is 3820. The van der Waals surface area contributed by atoms with Gasteiger partial charge in [-0.15, -0.1) is 0 Å². The molecule has 0 saturated carbocycles. The molecular formula is C68H57N. The van der Waals surface area contributed by atoms with Gasteiger partial charge in [-0.2, -0.15) is 0 Å². The summed E-state index contributed by atoms with van der Waals surface area (Å²) in [6.07, 6.45) is 27.3. The molecule has 0 fully saturated rings. The van der Waals surface area contributed by atoms with E-state index in [0.717, 1.165) is 18.5 Å². The average molecular weight is 888 g/mol. The van der Waals surface area contributed by atoms with Gasteiger partial charge in [0, 0.05) is 16.5 Å². The van der Waals surface area contributed by atoms with Crippen LogP contribution in [0.15, 0.2) is 237 Å². The molecule has 69 heavy (non-hydrogen) atoms. The summed E-state index contributed by atoms with van der Waals surface area (Å²) in [6.45, 7) is 12.4. The number of hydrogen-bond donors (Lipinski definition) is 0. The predicted octanol–water partition coefficient (Wildman–Crippen LogP) is 17.6. The van der Waals surface area contributed by atoms with E-state index in [-0.39, 0.29) is 0 Å². The molecular weight excluding hydrogens is 831 g/mol. The fourth-order valence-electron chi connectivity index (χ4n) is 10.1. The molecule has 0 amide bonds. The van der Waals surface area contributed by atoms with Crippen molar-refractivity contribution >= 4 is 66.3 Å². The Morgan fingerprint density at radius 2 is 1.10 bits per heavy atom. The smallest absolute Gasteiger partial charge is 0.0541 e. The number of allylic oxidation sites excluding steroid dienone is 11. The third-order valence-electron chi connectivity index (χ3n) is 13.4. The van der Waals surface area contributed by atoms with Crippen molar-refractivity contribution in [2.24, 2.45) is 0 Å². The van der Waals surface area contributed by atoms with Gasteiger partial charge >= 0.3 is 0 Å². The number of rotatable bonds is 8. The maximum atomic E-state index is 3.90. The zero-order valence-electron chi connectivity index (χ0n) is 40.1. The summed E-state index contributed by atoms with van der Waals surface area (Å²) in [5.74, 6) is 0. The summed E-state index contributed by atoms with van der Waals surface area (Å²) in [7, 11) is 0. The van der Waals surface area contributed by atoms with Gasteiger partial charge in [0.05, 0.1) is 11.0 Å². The second-order valence-electron chi connectivity index (χ2n) is 18.0. The second kappa shape index (κ2) is 19.9. The molecule has 1 aliphatic rings. The fourth-order valence-corrected chi connectivity index (χ4v) is 10.1. The molecule has 0 spiro atoms. The Labute approximate surface area is 406 Å². The molecule has 10 aromatic rings. The van der Waals surface area contributed by atoms with Gasteiger partial charge in [-0.05, 0) is 171 Å². The second-order valence-corrected chi connectivity index (χ2v) is 18.0. The number of benzene rings is 9. The van der Waals surface area contributed by atoms with E-state index in [2.05, 4.69) is 263 Å². The monoisotopic (exact) mass is 887 g/mol. The maximum absolute atomic E-state index is 3.90. The summed E-state index contributed by atoms with van der Waals surface area (Å²) in [6, 6.07) is 61.1.